The van der Waals surface area contributed by atoms with Crippen molar-refractivity contribution in [2.24, 2.45) is 12.0 Å². The number of aliphatic imine (C=N–C) groups is 1. The van der Waals surface area contributed by atoms with E-state index in [9.17, 15) is 4.39 Å². The molecule has 1 saturated carbocycles. The molecule has 3 rings (SSSR count). The van der Waals surface area contributed by atoms with E-state index in [4.69, 9.17) is 4.99 Å². The minimum atomic E-state index is -0.172. The molecule has 2 aromatic rings. The molecule has 0 amide bonds. The first kappa shape index (κ1) is 17.5. The SMILES string of the molecule is CCNC(=NCC1(c2cccc(F)c2)CC1)NCCc1cnn(C)c1. The van der Waals surface area contributed by atoms with Crippen LogP contribution < -0.4 is 10.6 Å². The smallest absolute Gasteiger partial charge is 0.191 e. The molecule has 6 heteroatoms. The third kappa shape index (κ3) is 4.59. The first-order valence-electron chi connectivity index (χ1n) is 8.87. The van der Waals surface area contributed by atoms with Gasteiger partial charge in [-0.2, -0.15) is 5.10 Å². The number of halogens is 1. The number of aryl methyl sites for hydroxylation is 1. The van der Waals surface area contributed by atoms with E-state index in [0.29, 0.717) is 6.54 Å². The number of nitrogens with one attached hydrogen (secondary N) is 2. The lowest BCUT2D eigenvalue weighted by Gasteiger charge is -2.16. The van der Waals surface area contributed by atoms with Crippen LogP contribution in [0.5, 0.6) is 0 Å². The van der Waals surface area contributed by atoms with Crippen molar-refractivity contribution in [1.29, 1.82) is 0 Å². The van der Waals surface area contributed by atoms with Crippen molar-refractivity contribution in [2.45, 2.75) is 31.6 Å². The average Bonchev–Trinajstić information content (AvgIpc) is 3.28. The Bertz CT molecular complexity index is 733. The Hall–Kier alpha value is -2.37. The summed E-state index contributed by atoms with van der Waals surface area (Å²) >= 11 is 0. The zero-order valence-electron chi connectivity index (χ0n) is 14.9. The molecule has 0 radical (unpaired) electrons. The van der Waals surface area contributed by atoms with Gasteiger partial charge in [-0.3, -0.25) is 9.67 Å². The van der Waals surface area contributed by atoms with Gasteiger partial charge in [0.1, 0.15) is 5.82 Å². The minimum absolute atomic E-state index is 0.00774. The highest BCUT2D eigenvalue weighted by Crippen LogP contribution is 2.48. The Kier molecular flexibility index (Phi) is 5.36. The Morgan fingerprint density at radius 2 is 2.20 bits per heavy atom. The van der Waals surface area contributed by atoms with E-state index >= 15 is 0 Å². The summed E-state index contributed by atoms with van der Waals surface area (Å²) in [5, 5.41) is 10.8. The van der Waals surface area contributed by atoms with E-state index in [2.05, 4.69) is 22.7 Å². The normalized spacial score (nSPS) is 15.9. The van der Waals surface area contributed by atoms with E-state index in [-0.39, 0.29) is 11.2 Å². The monoisotopic (exact) mass is 343 g/mol. The third-order valence-electron chi connectivity index (χ3n) is 4.64. The lowest BCUT2D eigenvalue weighted by molar-refractivity contribution is 0.615. The predicted molar refractivity (Wildman–Crippen MR) is 98.2 cm³/mol. The van der Waals surface area contributed by atoms with Crippen LogP contribution in [0.4, 0.5) is 4.39 Å². The van der Waals surface area contributed by atoms with Crippen molar-refractivity contribution in [3.63, 3.8) is 0 Å². The van der Waals surface area contributed by atoms with Crippen LogP contribution in [-0.2, 0) is 18.9 Å². The van der Waals surface area contributed by atoms with Crippen molar-refractivity contribution < 1.29 is 4.39 Å². The fraction of sp³-hybridized carbons (Fsp3) is 0.474. The van der Waals surface area contributed by atoms with Crippen molar-refractivity contribution in [3.8, 4) is 0 Å². The molecule has 0 unspecified atom stereocenters. The van der Waals surface area contributed by atoms with Gasteiger partial charge in [-0.1, -0.05) is 12.1 Å². The Morgan fingerprint density at radius 1 is 1.36 bits per heavy atom. The van der Waals surface area contributed by atoms with Crippen molar-refractivity contribution >= 4 is 5.96 Å². The molecule has 1 aromatic carbocycles. The van der Waals surface area contributed by atoms with Crippen LogP contribution in [0.2, 0.25) is 0 Å². The van der Waals surface area contributed by atoms with Gasteiger partial charge < -0.3 is 10.6 Å². The van der Waals surface area contributed by atoms with Crippen LogP contribution in [-0.4, -0.2) is 35.4 Å². The number of hydrogen-bond acceptors (Lipinski definition) is 2. The second-order valence-electron chi connectivity index (χ2n) is 6.68. The molecule has 134 valence electrons. The molecule has 0 spiro atoms. The number of nitrogens with zero attached hydrogens (tertiary/aromatic N) is 3. The van der Waals surface area contributed by atoms with Crippen LogP contribution in [0.1, 0.15) is 30.9 Å². The lowest BCUT2D eigenvalue weighted by Crippen LogP contribution is -2.39. The maximum absolute atomic E-state index is 13.5. The molecule has 1 aliphatic rings. The quantitative estimate of drug-likeness (QED) is 0.599. The zero-order valence-corrected chi connectivity index (χ0v) is 14.9. The van der Waals surface area contributed by atoms with E-state index in [1.165, 1.54) is 11.6 Å². The molecule has 0 saturated heterocycles. The summed E-state index contributed by atoms with van der Waals surface area (Å²) < 4.78 is 15.3. The average molecular weight is 343 g/mol. The zero-order chi connectivity index (χ0) is 17.7. The van der Waals surface area contributed by atoms with Gasteiger partial charge in [-0.05, 0) is 49.4 Å². The van der Waals surface area contributed by atoms with Gasteiger partial charge in [0.05, 0.1) is 12.7 Å². The van der Waals surface area contributed by atoms with E-state index in [0.717, 1.165) is 43.9 Å². The maximum Gasteiger partial charge on any atom is 0.191 e. The highest BCUT2D eigenvalue weighted by atomic mass is 19.1. The molecular weight excluding hydrogens is 317 g/mol. The minimum Gasteiger partial charge on any atom is -0.357 e. The second-order valence-corrected chi connectivity index (χ2v) is 6.68. The maximum atomic E-state index is 13.5. The molecule has 1 aromatic heterocycles. The Morgan fingerprint density at radius 3 is 2.84 bits per heavy atom. The number of rotatable bonds is 7. The molecule has 1 aliphatic carbocycles. The van der Waals surface area contributed by atoms with Gasteiger partial charge in [-0.15, -0.1) is 0 Å². The molecule has 0 aliphatic heterocycles. The van der Waals surface area contributed by atoms with Gasteiger partial charge in [0.15, 0.2) is 5.96 Å². The molecular formula is C19H26FN5. The lowest BCUT2D eigenvalue weighted by atomic mass is 9.96. The van der Waals surface area contributed by atoms with Gasteiger partial charge >= 0.3 is 0 Å². The number of hydrogen-bond donors (Lipinski definition) is 2. The van der Waals surface area contributed by atoms with Crippen molar-refractivity contribution in [1.82, 2.24) is 20.4 Å². The van der Waals surface area contributed by atoms with Gasteiger partial charge in [0, 0.05) is 31.7 Å². The second kappa shape index (κ2) is 7.68. The fourth-order valence-electron chi connectivity index (χ4n) is 3.01. The molecule has 0 bridgehead atoms. The fourth-order valence-corrected chi connectivity index (χ4v) is 3.01. The standard InChI is InChI=1S/C19H26FN5/c1-3-21-18(22-10-7-15-12-24-25(2)13-15)23-14-19(8-9-19)16-5-4-6-17(20)11-16/h4-6,11-13H,3,7-10,14H2,1-2H3,(H2,21,22,23). The number of guanidine groups is 1. The topological polar surface area (TPSA) is 54.2 Å². The molecule has 0 atom stereocenters. The highest BCUT2D eigenvalue weighted by Gasteiger charge is 2.44. The van der Waals surface area contributed by atoms with Crippen LogP contribution in [0.3, 0.4) is 0 Å². The predicted octanol–water partition coefficient (Wildman–Crippen LogP) is 2.39. The third-order valence-corrected chi connectivity index (χ3v) is 4.64. The van der Waals surface area contributed by atoms with Crippen LogP contribution in [0.15, 0.2) is 41.7 Å². The van der Waals surface area contributed by atoms with Gasteiger partial charge in [-0.25, -0.2) is 4.39 Å². The molecule has 1 fully saturated rings. The van der Waals surface area contributed by atoms with E-state index < -0.39 is 0 Å². The van der Waals surface area contributed by atoms with E-state index in [1.54, 1.807) is 12.1 Å². The first-order chi connectivity index (χ1) is 12.1. The van der Waals surface area contributed by atoms with Crippen molar-refractivity contribution in [3.05, 3.63) is 53.6 Å². The molecule has 5 nitrogen and oxygen atoms in total. The summed E-state index contributed by atoms with van der Waals surface area (Å²) in [6.45, 7) is 4.34. The molecule has 1 heterocycles. The van der Waals surface area contributed by atoms with Crippen LogP contribution in [0.25, 0.3) is 0 Å². The summed E-state index contributed by atoms with van der Waals surface area (Å²) in [6, 6.07) is 6.93. The highest BCUT2D eigenvalue weighted by molar-refractivity contribution is 5.79. The summed E-state index contributed by atoms with van der Waals surface area (Å²) in [4.78, 5) is 4.74. The largest absolute Gasteiger partial charge is 0.357 e. The van der Waals surface area contributed by atoms with Gasteiger partial charge in [0.25, 0.3) is 0 Å². The Balaban J connectivity index is 1.58. The molecule has 25 heavy (non-hydrogen) atoms. The first-order valence-corrected chi connectivity index (χ1v) is 8.87. The summed E-state index contributed by atoms with van der Waals surface area (Å²) in [6.07, 6.45) is 6.93. The summed E-state index contributed by atoms with van der Waals surface area (Å²) in [7, 11) is 1.92. The summed E-state index contributed by atoms with van der Waals surface area (Å²) in [5.41, 5.74) is 2.26. The van der Waals surface area contributed by atoms with Crippen molar-refractivity contribution in [2.75, 3.05) is 19.6 Å². The van der Waals surface area contributed by atoms with Crippen LogP contribution in [0, 0.1) is 5.82 Å². The number of aromatic nitrogens is 2. The molecule has 2 N–H and O–H groups in total. The number of benzene rings is 1. The van der Waals surface area contributed by atoms with E-state index in [1.807, 2.05) is 30.2 Å². The Labute approximate surface area is 148 Å². The summed E-state index contributed by atoms with van der Waals surface area (Å²) in [5.74, 6) is 0.642. The van der Waals surface area contributed by atoms with Crippen LogP contribution >= 0.6 is 0 Å². The van der Waals surface area contributed by atoms with Gasteiger partial charge in [0.2, 0.25) is 0 Å².